The molecule has 346 valence electrons. The fraction of sp³-hybridized carbons (Fsp3) is 0.429. The van der Waals surface area contributed by atoms with Crippen LogP contribution < -0.4 is 11.1 Å². The lowest BCUT2D eigenvalue weighted by Gasteiger charge is -2.44. The third kappa shape index (κ3) is 13.8. The Morgan fingerprint density at radius 2 is 1.15 bits per heavy atom. The van der Waals surface area contributed by atoms with Crippen molar-refractivity contribution in [2.45, 2.75) is 108 Å². The van der Waals surface area contributed by atoms with Crippen molar-refractivity contribution >= 4 is 11.6 Å². The number of Topliss-reactive ketones (excluding diaryl/α,β-unsaturated/α-hetero) is 2. The zero-order valence-electron chi connectivity index (χ0n) is 39.4. The van der Waals surface area contributed by atoms with Crippen LogP contribution in [-0.4, -0.2) is 78.4 Å². The molecule has 2 fully saturated rings. The van der Waals surface area contributed by atoms with Gasteiger partial charge in [-0.25, -0.2) is 8.78 Å². The van der Waals surface area contributed by atoms with Crippen LogP contribution in [0.1, 0.15) is 122 Å². The number of nitrogens with one attached hydrogen (secondary N) is 1. The van der Waals surface area contributed by atoms with Crippen LogP contribution in [0.4, 0.5) is 8.78 Å². The Morgan fingerprint density at radius 3 is 1.69 bits per heavy atom. The van der Waals surface area contributed by atoms with Crippen LogP contribution in [0.2, 0.25) is 0 Å². The first-order chi connectivity index (χ1) is 30.8. The van der Waals surface area contributed by atoms with E-state index in [2.05, 4.69) is 105 Å². The Hall–Kier alpha value is -4.90. The Bertz CT molecular complexity index is 2320. The van der Waals surface area contributed by atoms with Gasteiger partial charge in [-0.1, -0.05) is 151 Å². The van der Waals surface area contributed by atoms with Crippen molar-refractivity contribution in [2.75, 3.05) is 45.8 Å². The highest BCUT2D eigenvalue weighted by Crippen LogP contribution is 2.36. The lowest BCUT2D eigenvalue weighted by molar-refractivity contribution is 0.0757. The molecule has 0 saturated carbocycles. The second-order valence-corrected chi connectivity index (χ2v) is 20.5. The highest BCUT2D eigenvalue weighted by atomic mass is 19.1. The number of likely N-dealkylation sites (tertiary alicyclic amines) is 2. The molecule has 2 saturated heterocycles. The van der Waals surface area contributed by atoms with E-state index in [0.717, 1.165) is 62.5 Å². The molecule has 5 aromatic rings. The van der Waals surface area contributed by atoms with Crippen LogP contribution in [0.15, 0.2) is 127 Å². The maximum absolute atomic E-state index is 13.6. The summed E-state index contributed by atoms with van der Waals surface area (Å²) in [6, 6.07) is 39.7. The lowest BCUT2D eigenvalue weighted by atomic mass is 9.78. The second kappa shape index (κ2) is 21.6. The maximum atomic E-state index is 13.6. The van der Waals surface area contributed by atoms with E-state index in [1.165, 1.54) is 28.8 Å². The van der Waals surface area contributed by atoms with Crippen LogP contribution in [0, 0.1) is 11.6 Å². The second-order valence-electron chi connectivity index (χ2n) is 20.5. The normalized spacial score (nSPS) is 20.1. The number of nitrogens with zero attached hydrogens (tertiary/aromatic N) is 2. The Labute approximate surface area is 386 Å². The third-order valence-electron chi connectivity index (χ3n) is 13.0. The average Bonchev–Trinajstić information content (AvgIpc) is 3.28. The van der Waals surface area contributed by atoms with Gasteiger partial charge in [-0.3, -0.25) is 19.4 Å². The minimum atomic E-state index is -0.694. The predicted molar refractivity (Wildman–Crippen MR) is 259 cm³/mol. The molecule has 2 aliphatic heterocycles. The zero-order valence-corrected chi connectivity index (χ0v) is 39.4. The van der Waals surface area contributed by atoms with Gasteiger partial charge in [-0.2, -0.15) is 0 Å². The SMILES string of the molecule is CC(C)(C)c1cccc(C2(N)CCCN(CC(=O)c3ccccc3)C2)c1.CC(C)(C)c1cccc(C2(NCC(O)CCc3cc(F)cc(F)c3)CCCN(CC(=O)c3ccccc3)C2)c1. The standard InChI is InChI=1S/C33H40F2N2O2.C23H30N2O/c1-32(2,3)26-11-7-12-27(19-26)33(36-21-30(38)14-13-24-17-28(34)20-29(35)18-24)15-8-16-37(23-33)22-31(39)25-9-5-4-6-10-25;1-22(2,3)19-11-7-12-20(15-19)23(24)13-8-14-25(17-23)16-21(26)18-9-5-4-6-10-18/h4-7,9-12,17-20,30,36,38H,8,13-16,21-23H2,1-3H3;4-7,9-12,15H,8,13-14,16-17,24H2,1-3H3. The third-order valence-corrected chi connectivity index (χ3v) is 13.0. The van der Waals surface area contributed by atoms with Gasteiger partial charge >= 0.3 is 0 Å². The molecule has 7 nitrogen and oxygen atoms in total. The monoisotopic (exact) mass is 885 g/mol. The summed E-state index contributed by atoms with van der Waals surface area (Å²) in [6.45, 7) is 17.5. The number of halogens is 2. The van der Waals surface area contributed by atoms with Crippen LogP contribution >= 0.6 is 0 Å². The van der Waals surface area contributed by atoms with Crippen molar-refractivity contribution in [3.63, 3.8) is 0 Å². The van der Waals surface area contributed by atoms with Crippen molar-refractivity contribution in [3.8, 4) is 0 Å². The fourth-order valence-electron chi connectivity index (χ4n) is 9.23. The molecule has 3 atom stereocenters. The molecule has 0 radical (unpaired) electrons. The van der Waals surface area contributed by atoms with Gasteiger partial charge in [0.25, 0.3) is 0 Å². The summed E-state index contributed by atoms with van der Waals surface area (Å²) in [6.07, 6.45) is 3.81. The molecule has 5 aromatic carbocycles. The summed E-state index contributed by atoms with van der Waals surface area (Å²) in [5.41, 5.74) is 13.0. The van der Waals surface area contributed by atoms with Crippen molar-refractivity contribution in [1.82, 2.24) is 15.1 Å². The van der Waals surface area contributed by atoms with Gasteiger partial charge in [0.1, 0.15) is 11.6 Å². The summed E-state index contributed by atoms with van der Waals surface area (Å²) >= 11 is 0. The number of aliphatic hydroxyl groups is 1. The Balaban J connectivity index is 0.000000233. The van der Waals surface area contributed by atoms with E-state index in [1.54, 1.807) is 0 Å². The quantitative estimate of drug-likeness (QED) is 0.0956. The Morgan fingerprint density at radius 1 is 0.662 bits per heavy atom. The van der Waals surface area contributed by atoms with Crippen LogP contribution in [0.25, 0.3) is 0 Å². The number of aryl methyl sites for hydroxylation is 1. The molecule has 9 heteroatoms. The van der Waals surface area contributed by atoms with E-state index >= 15 is 0 Å². The Kier molecular flexibility index (Phi) is 16.5. The van der Waals surface area contributed by atoms with E-state index in [1.807, 2.05) is 60.7 Å². The number of nitrogens with two attached hydrogens (primary N) is 1. The molecule has 0 spiro atoms. The first kappa shape index (κ1) is 49.5. The van der Waals surface area contributed by atoms with Gasteiger partial charge < -0.3 is 16.2 Å². The number of ketones is 2. The number of piperidine rings is 2. The van der Waals surface area contributed by atoms with Crippen molar-refractivity contribution in [1.29, 1.82) is 0 Å². The lowest BCUT2D eigenvalue weighted by Crippen LogP contribution is -2.56. The molecular weight excluding hydrogens is 815 g/mol. The van der Waals surface area contributed by atoms with Crippen molar-refractivity contribution in [3.05, 3.63) is 178 Å². The summed E-state index contributed by atoms with van der Waals surface area (Å²) < 4.78 is 27.2. The molecule has 2 aliphatic rings. The van der Waals surface area contributed by atoms with Gasteiger partial charge in [0.15, 0.2) is 11.6 Å². The van der Waals surface area contributed by atoms with E-state index in [4.69, 9.17) is 5.73 Å². The van der Waals surface area contributed by atoms with Gasteiger partial charge in [-0.05, 0) is 102 Å². The van der Waals surface area contributed by atoms with Gasteiger partial charge in [0, 0.05) is 36.8 Å². The van der Waals surface area contributed by atoms with Crippen LogP contribution in [-0.2, 0) is 28.3 Å². The van der Waals surface area contributed by atoms with Gasteiger partial charge in [0.05, 0.1) is 30.3 Å². The molecule has 2 heterocycles. The average molecular weight is 885 g/mol. The number of rotatable bonds is 14. The zero-order chi connectivity index (χ0) is 46.8. The first-order valence-corrected chi connectivity index (χ1v) is 23.3. The molecule has 0 amide bonds. The summed E-state index contributed by atoms with van der Waals surface area (Å²) in [4.78, 5) is 30.0. The number of aliphatic hydroxyl groups excluding tert-OH is 1. The maximum Gasteiger partial charge on any atom is 0.176 e. The van der Waals surface area contributed by atoms with Crippen molar-refractivity contribution < 1.29 is 23.5 Å². The van der Waals surface area contributed by atoms with E-state index in [9.17, 15) is 23.5 Å². The molecule has 3 unspecified atom stereocenters. The molecule has 65 heavy (non-hydrogen) atoms. The number of hydrogen-bond donors (Lipinski definition) is 3. The number of benzene rings is 5. The number of carbonyl (C=O) groups excluding carboxylic acids is 2. The van der Waals surface area contributed by atoms with E-state index in [-0.39, 0.29) is 22.4 Å². The highest BCUT2D eigenvalue weighted by molar-refractivity contribution is 5.98. The summed E-state index contributed by atoms with van der Waals surface area (Å²) in [5, 5.41) is 14.5. The van der Waals surface area contributed by atoms with Gasteiger partial charge in [0.2, 0.25) is 0 Å². The molecule has 0 aliphatic carbocycles. The molecular formula is C56H70F2N4O3. The van der Waals surface area contributed by atoms with Gasteiger partial charge in [-0.15, -0.1) is 0 Å². The first-order valence-electron chi connectivity index (χ1n) is 23.3. The van der Waals surface area contributed by atoms with Crippen LogP contribution in [0.3, 0.4) is 0 Å². The molecule has 7 rings (SSSR count). The number of carbonyl (C=O) groups is 2. The molecule has 0 aromatic heterocycles. The topological polar surface area (TPSA) is 98.9 Å². The predicted octanol–water partition coefficient (Wildman–Crippen LogP) is 10.1. The van der Waals surface area contributed by atoms with Crippen LogP contribution in [0.5, 0.6) is 0 Å². The largest absolute Gasteiger partial charge is 0.392 e. The van der Waals surface area contributed by atoms with Crippen molar-refractivity contribution in [2.24, 2.45) is 5.73 Å². The number of hydrogen-bond acceptors (Lipinski definition) is 7. The van der Waals surface area contributed by atoms with E-state index < -0.39 is 28.8 Å². The van der Waals surface area contributed by atoms with E-state index in [0.29, 0.717) is 50.1 Å². The minimum absolute atomic E-state index is 0.0193. The highest BCUT2D eigenvalue weighted by Gasteiger charge is 2.39. The summed E-state index contributed by atoms with van der Waals surface area (Å²) in [7, 11) is 0. The molecule has 0 bridgehead atoms. The molecule has 4 N–H and O–H groups in total. The fourth-order valence-corrected chi connectivity index (χ4v) is 9.23. The smallest absolute Gasteiger partial charge is 0.176 e. The minimum Gasteiger partial charge on any atom is -0.392 e. The summed E-state index contributed by atoms with van der Waals surface area (Å²) in [5.74, 6) is -0.958.